The van der Waals surface area contributed by atoms with Crippen molar-refractivity contribution in [3.63, 3.8) is 0 Å². The summed E-state index contributed by atoms with van der Waals surface area (Å²) in [4.78, 5) is 11.6. The molecule has 1 aromatic carbocycles. The van der Waals surface area contributed by atoms with Crippen LogP contribution >= 0.6 is 0 Å². The monoisotopic (exact) mass is 362 g/mol. The summed E-state index contributed by atoms with van der Waals surface area (Å²) in [5.41, 5.74) is 0.0681. The van der Waals surface area contributed by atoms with Crippen molar-refractivity contribution in [2.24, 2.45) is 0 Å². The van der Waals surface area contributed by atoms with Gasteiger partial charge in [0.05, 0.1) is 11.2 Å². The number of carbonyl (C=O) groups excluding carboxylic acids is 1. The van der Waals surface area contributed by atoms with Crippen LogP contribution < -0.4 is 10.2 Å². The molecule has 0 aromatic heterocycles. The van der Waals surface area contributed by atoms with Gasteiger partial charge in [0.15, 0.2) is 13.1 Å². The van der Waals surface area contributed by atoms with Crippen LogP contribution in [0.5, 0.6) is 5.75 Å². The fourth-order valence-electron chi connectivity index (χ4n) is 3.02. The zero-order valence-corrected chi connectivity index (χ0v) is 15.9. The maximum Gasteiger partial charge on any atom is 0.499 e. The summed E-state index contributed by atoms with van der Waals surface area (Å²) in [5.74, 6) is 0.518. The molecule has 26 heavy (non-hydrogen) atoms. The van der Waals surface area contributed by atoms with Crippen LogP contribution in [0.3, 0.4) is 0 Å². The van der Waals surface area contributed by atoms with Gasteiger partial charge in [-0.25, -0.2) is 0 Å². The van der Waals surface area contributed by atoms with Gasteiger partial charge in [0.1, 0.15) is 12.0 Å². The number of benzene rings is 1. The van der Waals surface area contributed by atoms with Gasteiger partial charge in [-0.1, -0.05) is 12.1 Å². The number of hydrogen-bond donors (Lipinski definition) is 0. The van der Waals surface area contributed by atoms with Gasteiger partial charge in [0.2, 0.25) is 0 Å². The SMILES string of the molecule is CC1(C)OB(c2c(C=O)cccc2OCOC2CCCCO2)OC1(C)C. The van der Waals surface area contributed by atoms with Gasteiger partial charge < -0.3 is 23.5 Å². The number of rotatable bonds is 6. The van der Waals surface area contributed by atoms with E-state index in [0.717, 1.165) is 25.5 Å². The Kier molecular flexibility index (Phi) is 5.72. The number of aldehydes is 1. The van der Waals surface area contributed by atoms with Crippen molar-refractivity contribution in [1.82, 2.24) is 0 Å². The van der Waals surface area contributed by atoms with Crippen molar-refractivity contribution in [2.45, 2.75) is 64.4 Å². The third-order valence-electron chi connectivity index (χ3n) is 5.32. The molecule has 2 heterocycles. The minimum Gasteiger partial charge on any atom is -0.468 e. The van der Waals surface area contributed by atoms with Crippen molar-refractivity contribution >= 4 is 18.9 Å². The van der Waals surface area contributed by atoms with Gasteiger partial charge in [-0.15, -0.1) is 0 Å². The molecule has 0 spiro atoms. The van der Waals surface area contributed by atoms with Gasteiger partial charge in [0.25, 0.3) is 0 Å². The first kappa shape index (κ1) is 19.4. The van der Waals surface area contributed by atoms with E-state index in [2.05, 4.69) is 0 Å². The quantitative estimate of drug-likeness (QED) is 0.441. The predicted octanol–water partition coefficient (Wildman–Crippen LogP) is 2.68. The molecule has 142 valence electrons. The van der Waals surface area contributed by atoms with E-state index < -0.39 is 18.3 Å². The number of hydrogen-bond acceptors (Lipinski definition) is 6. The van der Waals surface area contributed by atoms with Crippen molar-refractivity contribution in [2.75, 3.05) is 13.4 Å². The van der Waals surface area contributed by atoms with E-state index >= 15 is 0 Å². The van der Waals surface area contributed by atoms with Crippen LogP contribution in [0.2, 0.25) is 0 Å². The molecule has 0 aliphatic carbocycles. The first-order valence-electron chi connectivity index (χ1n) is 9.14. The average molecular weight is 362 g/mol. The Balaban J connectivity index is 1.75. The van der Waals surface area contributed by atoms with E-state index in [-0.39, 0.29) is 13.1 Å². The Morgan fingerprint density at radius 2 is 1.92 bits per heavy atom. The minimum absolute atomic E-state index is 0.0412. The lowest BCUT2D eigenvalue weighted by Crippen LogP contribution is -2.41. The zero-order valence-electron chi connectivity index (χ0n) is 15.9. The molecule has 0 saturated carbocycles. The van der Waals surface area contributed by atoms with E-state index in [4.69, 9.17) is 23.5 Å². The summed E-state index contributed by atoms with van der Waals surface area (Å²) in [6, 6.07) is 5.29. The Morgan fingerprint density at radius 1 is 1.19 bits per heavy atom. The first-order valence-corrected chi connectivity index (χ1v) is 9.14. The molecule has 2 aliphatic rings. The highest BCUT2D eigenvalue weighted by molar-refractivity contribution is 6.64. The lowest BCUT2D eigenvalue weighted by molar-refractivity contribution is -0.190. The van der Waals surface area contributed by atoms with Crippen LogP contribution in [0.15, 0.2) is 18.2 Å². The van der Waals surface area contributed by atoms with Crippen molar-refractivity contribution < 1.29 is 28.3 Å². The fraction of sp³-hybridized carbons (Fsp3) is 0.632. The summed E-state index contributed by atoms with van der Waals surface area (Å²) in [6.45, 7) is 8.65. The molecule has 1 atom stereocenters. The maximum atomic E-state index is 11.6. The Bertz CT molecular complexity index is 623. The third-order valence-corrected chi connectivity index (χ3v) is 5.32. The van der Waals surface area contributed by atoms with E-state index in [1.54, 1.807) is 18.2 Å². The van der Waals surface area contributed by atoms with Gasteiger partial charge in [0, 0.05) is 17.6 Å². The van der Waals surface area contributed by atoms with Gasteiger partial charge >= 0.3 is 7.12 Å². The zero-order chi connectivity index (χ0) is 18.8. The summed E-state index contributed by atoms with van der Waals surface area (Å²) in [5, 5.41) is 0. The lowest BCUT2D eigenvalue weighted by atomic mass is 9.75. The van der Waals surface area contributed by atoms with Gasteiger partial charge in [-0.3, -0.25) is 4.79 Å². The molecule has 0 radical (unpaired) electrons. The first-order chi connectivity index (χ1) is 12.3. The molecule has 3 rings (SSSR count). The molecule has 0 bridgehead atoms. The van der Waals surface area contributed by atoms with Crippen LogP contribution in [-0.2, 0) is 18.8 Å². The summed E-state index contributed by atoms with van der Waals surface area (Å²) >= 11 is 0. The molecule has 0 amide bonds. The second kappa shape index (κ2) is 7.68. The third kappa shape index (κ3) is 3.96. The van der Waals surface area contributed by atoms with Crippen LogP contribution in [0.4, 0.5) is 0 Å². The smallest absolute Gasteiger partial charge is 0.468 e. The van der Waals surface area contributed by atoms with E-state index in [0.29, 0.717) is 23.4 Å². The van der Waals surface area contributed by atoms with Gasteiger partial charge in [-0.2, -0.15) is 0 Å². The molecule has 7 heteroatoms. The minimum atomic E-state index is -0.678. The van der Waals surface area contributed by atoms with Gasteiger partial charge in [-0.05, 0) is 53.0 Å². The maximum absolute atomic E-state index is 11.6. The molecule has 1 unspecified atom stereocenters. The summed E-state index contributed by atoms with van der Waals surface area (Å²) in [7, 11) is -0.678. The van der Waals surface area contributed by atoms with Crippen LogP contribution in [0, 0.1) is 0 Å². The van der Waals surface area contributed by atoms with Crippen LogP contribution in [0.1, 0.15) is 57.3 Å². The molecule has 2 aliphatic heterocycles. The molecule has 1 aromatic rings. The highest BCUT2D eigenvalue weighted by Gasteiger charge is 2.53. The predicted molar refractivity (Wildman–Crippen MR) is 97.7 cm³/mol. The van der Waals surface area contributed by atoms with Crippen molar-refractivity contribution in [3.8, 4) is 5.75 Å². The largest absolute Gasteiger partial charge is 0.499 e. The number of ether oxygens (including phenoxy) is 3. The molecule has 2 fully saturated rings. The van der Waals surface area contributed by atoms with Crippen LogP contribution in [0.25, 0.3) is 0 Å². The normalized spacial score (nSPS) is 24.5. The van der Waals surface area contributed by atoms with E-state index in [1.807, 2.05) is 27.7 Å². The van der Waals surface area contributed by atoms with E-state index in [1.165, 1.54) is 0 Å². The second-order valence-electron chi connectivity index (χ2n) is 7.69. The average Bonchev–Trinajstić information content (AvgIpc) is 2.83. The molecule has 2 saturated heterocycles. The Morgan fingerprint density at radius 3 is 2.54 bits per heavy atom. The topological polar surface area (TPSA) is 63.2 Å². The molecular formula is C19H27BO6. The standard InChI is InChI=1S/C19H27BO6/c1-18(2)19(3,4)26-20(25-18)17-14(12-21)8-7-9-15(17)23-13-24-16-10-5-6-11-22-16/h7-9,12,16H,5-6,10-11,13H2,1-4H3. The summed E-state index contributed by atoms with van der Waals surface area (Å²) in [6.07, 6.45) is 3.57. The Labute approximate surface area is 155 Å². The fourth-order valence-corrected chi connectivity index (χ4v) is 3.02. The van der Waals surface area contributed by atoms with Crippen molar-refractivity contribution in [1.29, 1.82) is 0 Å². The van der Waals surface area contributed by atoms with E-state index in [9.17, 15) is 4.79 Å². The highest BCUT2D eigenvalue weighted by Crippen LogP contribution is 2.37. The Hall–Kier alpha value is -1.41. The number of carbonyl (C=O) groups is 1. The molecular weight excluding hydrogens is 335 g/mol. The second-order valence-corrected chi connectivity index (χ2v) is 7.69. The van der Waals surface area contributed by atoms with Crippen molar-refractivity contribution in [3.05, 3.63) is 23.8 Å². The van der Waals surface area contributed by atoms with Crippen LogP contribution in [-0.4, -0.2) is 44.3 Å². The highest BCUT2D eigenvalue weighted by atomic mass is 16.7. The lowest BCUT2D eigenvalue weighted by Gasteiger charge is -2.32. The molecule has 6 nitrogen and oxygen atoms in total. The summed E-state index contributed by atoms with van der Waals surface area (Å²) < 4.78 is 29.2. The molecule has 0 N–H and O–H groups in total.